The van der Waals surface area contributed by atoms with E-state index in [1.54, 1.807) is 18.0 Å². The SMILES string of the molecule is C=CCN1CC[C@]23c4c5c([N+](=O)[O-])cc(O)c4O[C@H]2[C@H](N(C)C(=O)C#Cc2cccc(C)c2)CC[C@@]3(O)[C@H]1C5. The lowest BCUT2D eigenvalue weighted by molar-refractivity contribution is -0.386. The maximum atomic E-state index is 13.3. The summed E-state index contributed by atoms with van der Waals surface area (Å²) in [6.45, 7) is 6.99. The van der Waals surface area contributed by atoms with Crippen LogP contribution in [0.3, 0.4) is 0 Å². The van der Waals surface area contributed by atoms with E-state index in [1.807, 2.05) is 31.2 Å². The molecule has 0 unspecified atom stereocenters. The number of amides is 1. The fourth-order valence-corrected chi connectivity index (χ4v) is 7.70. The van der Waals surface area contributed by atoms with Gasteiger partial charge in [-0.2, -0.15) is 0 Å². The third kappa shape index (κ3) is 3.45. The number of likely N-dealkylation sites (tertiary alicyclic amines) is 1. The number of nitro benzene ring substituents is 1. The summed E-state index contributed by atoms with van der Waals surface area (Å²) in [7, 11) is 1.68. The zero-order chi connectivity index (χ0) is 27.7. The highest BCUT2D eigenvalue weighted by Crippen LogP contribution is 2.67. The molecule has 2 fully saturated rings. The first-order chi connectivity index (χ1) is 18.6. The topological polar surface area (TPSA) is 116 Å². The molecule has 9 nitrogen and oxygen atoms in total. The number of likely N-dealkylation sites (N-methyl/N-ethyl adjacent to an activating group) is 1. The molecule has 39 heavy (non-hydrogen) atoms. The number of ether oxygens (including phenoxy) is 1. The molecule has 2 aliphatic carbocycles. The highest BCUT2D eigenvalue weighted by Gasteiger charge is 2.74. The number of aromatic hydroxyl groups is 1. The minimum Gasteiger partial charge on any atom is -0.504 e. The minimum absolute atomic E-state index is 0.169. The van der Waals surface area contributed by atoms with Crippen molar-refractivity contribution in [2.75, 3.05) is 20.1 Å². The number of rotatable bonds is 4. The number of aryl methyl sites for hydroxylation is 1. The first-order valence-corrected chi connectivity index (χ1v) is 13.3. The van der Waals surface area contributed by atoms with Gasteiger partial charge in [0.05, 0.1) is 28.0 Å². The zero-order valence-electron chi connectivity index (χ0n) is 22.0. The summed E-state index contributed by atoms with van der Waals surface area (Å²) in [5.41, 5.74) is 0.378. The van der Waals surface area contributed by atoms with Crippen LogP contribution >= 0.6 is 0 Å². The Morgan fingerprint density at radius 1 is 1.38 bits per heavy atom. The lowest BCUT2D eigenvalue weighted by Gasteiger charge is -2.64. The zero-order valence-corrected chi connectivity index (χ0v) is 22.0. The number of phenolic OH excluding ortho intramolecular Hbond substituents is 1. The molecule has 2 bridgehead atoms. The third-order valence-corrected chi connectivity index (χ3v) is 9.36. The third-order valence-electron chi connectivity index (χ3n) is 9.36. The van der Waals surface area contributed by atoms with Gasteiger partial charge in [0.15, 0.2) is 11.5 Å². The van der Waals surface area contributed by atoms with Crippen LogP contribution in [0.15, 0.2) is 43.0 Å². The molecule has 9 heteroatoms. The second-order valence-electron chi connectivity index (χ2n) is 11.2. The van der Waals surface area contributed by atoms with Crippen LogP contribution in [0.5, 0.6) is 11.5 Å². The fourth-order valence-electron chi connectivity index (χ4n) is 7.70. The molecule has 4 aliphatic rings. The summed E-state index contributed by atoms with van der Waals surface area (Å²) in [4.78, 5) is 28.6. The highest BCUT2D eigenvalue weighted by molar-refractivity contribution is 5.94. The molecule has 1 saturated heterocycles. The summed E-state index contributed by atoms with van der Waals surface area (Å²) in [5.74, 6) is 5.18. The number of piperidine rings is 1. The largest absolute Gasteiger partial charge is 0.504 e. The Hall–Kier alpha value is -3.87. The average molecular weight is 530 g/mol. The Balaban J connectivity index is 1.45. The first kappa shape index (κ1) is 25.4. The molecule has 2 heterocycles. The van der Waals surface area contributed by atoms with Crippen molar-refractivity contribution in [1.29, 1.82) is 0 Å². The van der Waals surface area contributed by atoms with Crippen molar-refractivity contribution in [2.45, 2.75) is 61.8 Å². The molecule has 0 aromatic heterocycles. The number of hydrogen-bond donors (Lipinski definition) is 2. The Kier molecular flexibility index (Phi) is 5.75. The average Bonchev–Trinajstić information content (AvgIpc) is 3.25. The molecule has 2 N–H and O–H groups in total. The van der Waals surface area contributed by atoms with E-state index in [9.17, 15) is 25.1 Å². The van der Waals surface area contributed by atoms with Crippen LogP contribution in [0.2, 0.25) is 0 Å². The maximum Gasteiger partial charge on any atom is 0.298 e. The highest BCUT2D eigenvalue weighted by atomic mass is 16.6. The predicted molar refractivity (Wildman–Crippen MR) is 144 cm³/mol. The van der Waals surface area contributed by atoms with Gasteiger partial charge in [0.2, 0.25) is 0 Å². The molecule has 1 spiro atoms. The smallest absolute Gasteiger partial charge is 0.298 e. The van der Waals surface area contributed by atoms with Gasteiger partial charge in [-0.05, 0) is 56.8 Å². The summed E-state index contributed by atoms with van der Waals surface area (Å²) >= 11 is 0. The molecule has 202 valence electrons. The van der Waals surface area contributed by atoms with Gasteiger partial charge in [-0.1, -0.05) is 24.1 Å². The lowest BCUT2D eigenvalue weighted by Crippen LogP contribution is -2.78. The first-order valence-electron chi connectivity index (χ1n) is 13.3. The van der Waals surface area contributed by atoms with E-state index in [4.69, 9.17) is 4.74 Å². The molecular weight excluding hydrogens is 498 g/mol. The molecule has 1 amide bonds. The molecule has 0 radical (unpaired) electrons. The molecule has 2 aliphatic heterocycles. The van der Waals surface area contributed by atoms with Crippen molar-refractivity contribution in [1.82, 2.24) is 9.80 Å². The number of phenols is 1. The minimum atomic E-state index is -1.26. The summed E-state index contributed by atoms with van der Waals surface area (Å²) in [5, 5.41) is 35.5. The van der Waals surface area contributed by atoms with Crippen LogP contribution in [0, 0.1) is 28.9 Å². The normalized spacial score (nSPS) is 29.9. The predicted octanol–water partition coefficient (Wildman–Crippen LogP) is 2.83. The summed E-state index contributed by atoms with van der Waals surface area (Å²) < 4.78 is 6.45. The summed E-state index contributed by atoms with van der Waals surface area (Å²) in [6, 6.07) is 7.92. The van der Waals surface area contributed by atoms with Gasteiger partial charge in [0.1, 0.15) is 6.10 Å². The Morgan fingerprint density at radius 2 is 2.18 bits per heavy atom. The van der Waals surface area contributed by atoms with E-state index >= 15 is 0 Å². The van der Waals surface area contributed by atoms with Crippen LogP contribution < -0.4 is 4.74 Å². The lowest BCUT2D eigenvalue weighted by atomic mass is 9.48. The molecule has 6 rings (SSSR count). The van der Waals surface area contributed by atoms with Gasteiger partial charge >= 0.3 is 0 Å². The quantitative estimate of drug-likeness (QED) is 0.271. The van der Waals surface area contributed by atoms with Crippen molar-refractivity contribution in [3.8, 4) is 23.3 Å². The van der Waals surface area contributed by atoms with Gasteiger partial charge in [-0.25, -0.2) is 0 Å². The number of nitrogens with zero attached hydrogens (tertiary/aromatic N) is 3. The van der Waals surface area contributed by atoms with Crippen LogP contribution in [0.25, 0.3) is 0 Å². The van der Waals surface area contributed by atoms with E-state index in [1.165, 1.54) is 0 Å². The van der Waals surface area contributed by atoms with Crippen molar-refractivity contribution in [2.24, 2.45) is 0 Å². The molecule has 5 atom stereocenters. The molecule has 2 aromatic rings. The van der Waals surface area contributed by atoms with Crippen molar-refractivity contribution >= 4 is 11.6 Å². The number of carbonyl (C=O) groups excluding carboxylic acids is 1. The summed E-state index contributed by atoms with van der Waals surface area (Å²) in [6.07, 6.45) is 2.65. The number of carbonyl (C=O) groups is 1. The molecule has 2 aromatic carbocycles. The monoisotopic (exact) mass is 529 g/mol. The number of aliphatic hydroxyl groups is 1. The van der Waals surface area contributed by atoms with E-state index in [2.05, 4.69) is 23.3 Å². The van der Waals surface area contributed by atoms with E-state index in [0.29, 0.717) is 43.5 Å². The Labute approximate surface area is 226 Å². The van der Waals surface area contributed by atoms with E-state index in [0.717, 1.165) is 17.2 Å². The standard InChI is InChI=1S/C30H31N3O6/c1-4-13-32-14-12-29-26-20-16-24(32)30(29,36)11-10-21(28(29)39-27(26)23(34)17-22(20)33(37)38)31(3)25(35)9-8-19-7-5-6-18(2)15-19/h4-7,15,17,21,24,28,34,36H,1,10-14,16H2,2-3H3/t21-,24-,28+,29+,30-/m1/s1. The maximum absolute atomic E-state index is 13.3. The second kappa shape index (κ2) is 8.83. The van der Waals surface area contributed by atoms with Crippen LogP contribution in [-0.4, -0.2) is 74.8 Å². The van der Waals surface area contributed by atoms with Gasteiger partial charge in [-0.15, -0.1) is 6.58 Å². The van der Waals surface area contributed by atoms with Crippen molar-refractivity contribution < 1.29 is 24.7 Å². The number of benzene rings is 2. The number of hydrogen-bond acceptors (Lipinski definition) is 7. The van der Waals surface area contributed by atoms with E-state index in [-0.39, 0.29) is 35.6 Å². The van der Waals surface area contributed by atoms with Crippen LogP contribution in [0.1, 0.15) is 41.5 Å². The van der Waals surface area contributed by atoms with Gasteiger partial charge < -0.3 is 19.8 Å². The van der Waals surface area contributed by atoms with Crippen LogP contribution in [0.4, 0.5) is 5.69 Å². The van der Waals surface area contributed by atoms with Gasteiger partial charge in [0, 0.05) is 42.2 Å². The van der Waals surface area contributed by atoms with Gasteiger partial charge in [-0.3, -0.25) is 19.8 Å². The van der Waals surface area contributed by atoms with Crippen LogP contribution in [-0.2, 0) is 16.6 Å². The molecular formula is C30H31N3O6. The van der Waals surface area contributed by atoms with Crippen molar-refractivity contribution in [3.05, 3.63) is 75.4 Å². The van der Waals surface area contributed by atoms with Crippen molar-refractivity contribution in [3.63, 3.8) is 0 Å². The fraction of sp³-hybridized carbons (Fsp3) is 0.433. The van der Waals surface area contributed by atoms with E-state index < -0.39 is 28.1 Å². The number of nitro groups is 1. The Morgan fingerprint density at radius 3 is 2.90 bits per heavy atom. The molecule has 1 saturated carbocycles. The second-order valence-corrected chi connectivity index (χ2v) is 11.2. The Bertz CT molecular complexity index is 1480. The van der Waals surface area contributed by atoms with Gasteiger partial charge in [0.25, 0.3) is 11.6 Å².